The summed E-state index contributed by atoms with van der Waals surface area (Å²) >= 11 is 0. The number of amides is 1. The van der Waals surface area contributed by atoms with Crippen LogP contribution in [0.3, 0.4) is 0 Å². The van der Waals surface area contributed by atoms with Gasteiger partial charge >= 0.3 is 0 Å². The van der Waals surface area contributed by atoms with Crippen molar-refractivity contribution in [3.63, 3.8) is 0 Å². The smallest absolute Gasteiger partial charge is 0.251 e. The molecule has 1 fully saturated rings. The zero-order valence-corrected chi connectivity index (χ0v) is 21.4. The van der Waals surface area contributed by atoms with Crippen molar-refractivity contribution in [2.24, 2.45) is 0 Å². The summed E-state index contributed by atoms with van der Waals surface area (Å²) in [6.45, 7) is 2.55. The maximum atomic E-state index is 12.6. The summed E-state index contributed by atoms with van der Waals surface area (Å²) in [6, 6.07) is 35.7. The van der Waals surface area contributed by atoms with Crippen molar-refractivity contribution < 1.29 is 4.79 Å². The average Bonchev–Trinajstić information content (AvgIpc) is 3.43. The second kappa shape index (κ2) is 10.9. The fourth-order valence-corrected chi connectivity index (χ4v) is 5.08. The molecule has 1 N–H and O–H groups in total. The molecular weight excluding hydrogens is 482 g/mol. The Balaban J connectivity index is 1.15. The standard InChI is InChI=1S/C33H27N5O/c34-20-23-10-16-27(17-11-23)33(39)35-28-18-19-38(22-28)21-24-12-14-26(15-13-24)32-31(25-6-2-1-3-7-25)36-29-8-4-5-9-30(29)37-32/h1-17,28H,18-19,21-22H2,(H,35,39)/t28-/m0/s1. The molecule has 0 unspecified atom stereocenters. The summed E-state index contributed by atoms with van der Waals surface area (Å²) in [5, 5.41) is 12.1. The fourth-order valence-electron chi connectivity index (χ4n) is 5.08. The van der Waals surface area contributed by atoms with Crippen LogP contribution in [-0.4, -0.2) is 39.9 Å². The maximum Gasteiger partial charge on any atom is 0.251 e. The second-order valence-electron chi connectivity index (χ2n) is 9.86. The molecule has 0 bridgehead atoms. The van der Waals surface area contributed by atoms with Crippen LogP contribution in [0.15, 0.2) is 103 Å². The molecule has 1 saturated heterocycles. The third-order valence-electron chi connectivity index (χ3n) is 7.14. The first kappa shape index (κ1) is 24.5. The number of carbonyl (C=O) groups excluding carboxylic acids is 1. The maximum absolute atomic E-state index is 12.6. The number of para-hydroxylation sites is 2. The molecule has 4 aromatic carbocycles. The summed E-state index contributed by atoms with van der Waals surface area (Å²) in [5.74, 6) is -0.0959. The molecule has 1 amide bonds. The van der Waals surface area contributed by atoms with Gasteiger partial charge in [0.25, 0.3) is 5.91 Å². The van der Waals surface area contributed by atoms with E-state index in [1.54, 1.807) is 24.3 Å². The first-order valence-corrected chi connectivity index (χ1v) is 13.1. The molecule has 39 heavy (non-hydrogen) atoms. The van der Waals surface area contributed by atoms with Crippen LogP contribution < -0.4 is 5.32 Å². The molecule has 6 rings (SSSR count). The monoisotopic (exact) mass is 509 g/mol. The first-order chi connectivity index (χ1) is 19.2. The summed E-state index contributed by atoms with van der Waals surface area (Å²) in [5.41, 5.74) is 7.93. The molecular formula is C33H27N5O. The van der Waals surface area contributed by atoms with Crippen LogP contribution in [0.1, 0.15) is 27.9 Å². The second-order valence-corrected chi connectivity index (χ2v) is 9.86. The number of nitriles is 1. The predicted molar refractivity (Wildman–Crippen MR) is 153 cm³/mol. The fraction of sp³-hybridized carbons (Fsp3) is 0.152. The lowest BCUT2D eigenvalue weighted by Gasteiger charge is -2.17. The van der Waals surface area contributed by atoms with Gasteiger partial charge in [-0.15, -0.1) is 0 Å². The normalized spacial score (nSPS) is 15.2. The van der Waals surface area contributed by atoms with Crippen LogP contribution in [0.5, 0.6) is 0 Å². The molecule has 6 heteroatoms. The zero-order valence-electron chi connectivity index (χ0n) is 21.4. The zero-order chi connectivity index (χ0) is 26.6. The third-order valence-corrected chi connectivity index (χ3v) is 7.14. The van der Waals surface area contributed by atoms with Crippen LogP contribution in [0.4, 0.5) is 0 Å². The number of likely N-dealkylation sites (tertiary alicyclic amines) is 1. The van der Waals surface area contributed by atoms with E-state index in [1.165, 1.54) is 5.56 Å². The minimum Gasteiger partial charge on any atom is -0.348 e. The molecule has 1 aliphatic rings. The molecule has 0 spiro atoms. The molecule has 1 aromatic heterocycles. The lowest BCUT2D eigenvalue weighted by Crippen LogP contribution is -2.36. The van der Waals surface area contributed by atoms with Crippen molar-refractivity contribution in [3.05, 3.63) is 120 Å². The van der Waals surface area contributed by atoms with Crippen LogP contribution >= 0.6 is 0 Å². The van der Waals surface area contributed by atoms with Gasteiger partial charge in [0.05, 0.1) is 34.1 Å². The van der Waals surface area contributed by atoms with E-state index in [9.17, 15) is 4.79 Å². The van der Waals surface area contributed by atoms with Gasteiger partial charge in [-0.1, -0.05) is 66.7 Å². The lowest BCUT2D eigenvalue weighted by atomic mass is 10.0. The Kier molecular flexibility index (Phi) is 6.82. The van der Waals surface area contributed by atoms with E-state index in [0.717, 1.165) is 59.6 Å². The van der Waals surface area contributed by atoms with E-state index in [4.69, 9.17) is 15.2 Å². The summed E-state index contributed by atoms with van der Waals surface area (Å²) in [6.07, 6.45) is 0.910. The molecule has 1 aliphatic heterocycles. The Bertz CT molecular complexity index is 1660. The number of hydrogen-bond donors (Lipinski definition) is 1. The number of nitrogens with zero attached hydrogens (tertiary/aromatic N) is 4. The minimum absolute atomic E-state index is 0.0959. The van der Waals surface area contributed by atoms with Crippen molar-refractivity contribution in [1.29, 1.82) is 5.26 Å². The molecule has 2 heterocycles. The van der Waals surface area contributed by atoms with Gasteiger partial charge in [0.2, 0.25) is 0 Å². The number of aromatic nitrogens is 2. The van der Waals surface area contributed by atoms with Gasteiger partial charge in [-0.05, 0) is 48.4 Å². The van der Waals surface area contributed by atoms with Crippen LogP contribution in [0.2, 0.25) is 0 Å². The number of fused-ring (bicyclic) bond motifs is 1. The van der Waals surface area contributed by atoms with Crippen molar-refractivity contribution in [3.8, 4) is 28.6 Å². The molecule has 5 aromatic rings. The van der Waals surface area contributed by atoms with Crippen LogP contribution in [-0.2, 0) is 6.54 Å². The van der Waals surface area contributed by atoms with Gasteiger partial charge in [0.15, 0.2) is 0 Å². The van der Waals surface area contributed by atoms with Gasteiger partial charge in [-0.3, -0.25) is 9.69 Å². The highest BCUT2D eigenvalue weighted by Crippen LogP contribution is 2.31. The summed E-state index contributed by atoms with van der Waals surface area (Å²) < 4.78 is 0. The molecule has 0 radical (unpaired) electrons. The summed E-state index contributed by atoms with van der Waals surface area (Å²) in [4.78, 5) is 25.0. The molecule has 0 saturated carbocycles. The van der Waals surface area contributed by atoms with Gasteiger partial charge < -0.3 is 5.32 Å². The Labute approximate surface area is 227 Å². The Morgan fingerprint density at radius 1 is 0.821 bits per heavy atom. The van der Waals surface area contributed by atoms with Crippen molar-refractivity contribution in [1.82, 2.24) is 20.2 Å². The van der Waals surface area contributed by atoms with E-state index in [1.807, 2.05) is 42.5 Å². The van der Waals surface area contributed by atoms with Gasteiger partial charge in [0.1, 0.15) is 0 Å². The molecule has 0 aliphatic carbocycles. The Hall–Kier alpha value is -4.86. The SMILES string of the molecule is N#Cc1ccc(C(=O)N[C@H]2CCN(Cc3ccc(-c4nc5ccccc5nc4-c4ccccc4)cc3)C2)cc1. The van der Waals surface area contributed by atoms with Gasteiger partial charge in [0, 0.05) is 42.4 Å². The molecule has 1 atom stereocenters. The van der Waals surface area contributed by atoms with Gasteiger partial charge in [-0.2, -0.15) is 5.26 Å². The van der Waals surface area contributed by atoms with Crippen molar-refractivity contribution >= 4 is 16.9 Å². The number of nitrogens with one attached hydrogen (secondary N) is 1. The van der Waals surface area contributed by atoms with E-state index in [-0.39, 0.29) is 11.9 Å². The van der Waals surface area contributed by atoms with E-state index >= 15 is 0 Å². The molecule has 6 nitrogen and oxygen atoms in total. The number of rotatable bonds is 6. The highest BCUT2D eigenvalue weighted by atomic mass is 16.1. The van der Waals surface area contributed by atoms with Crippen molar-refractivity contribution in [2.45, 2.75) is 19.0 Å². The number of hydrogen-bond acceptors (Lipinski definition) is 5. The molecule has 190 valence electrons. The van der Waals surface area contributed by atoms with E-state index in [2.05, 4.69) is 52.7 Å². The largest absolute Gasteiger partial charge is 0.348 e. The Morgan fingerprint density at radius 3 is 2.08 bits per heavy atom. The highest BCUT2D eigenvalue weighted by molar-refractivity contribution is 5.94. The number of benzene rings is 4. The number of carbonyl (C=O) groups is 1. The highest BCUT2D eigenvalue weighted by Gasteiger charge is 2.24. The topological polar surface area (TPSA) is 81.9 Å². The third kappa shape index (κ3) is 5.40. The predicted octanol–water partition coefficient (Wildman–Crippen LogP) is 5.84. The average molecular weight is 510 g/mol. The van der Waals surface area contributed by atoms with E-state index in [0.29, 0.717) is 11.1 Å². The van der Waals surface area contributed by atoms with Crippen molar-refractivity contribution in [2.75, 3.05) is 13.1 Å². The first-order valence-electron chi connectivity index (χ1n) is 13.1. The minimum atomic E-state index is -0.0959. The van der Waals surface area contributed by atoms with Crippen LogP contribution in [0, 0.1) is 11.3 Å². The Morgan fingerprint density at radius 2 is 1.44 bits per heavy atom. The lowest BCUT2D eigenvalue weighted by molar-refractivity contribution is 0.0937. The quantitative estimate of drug-likeness (QED) is 0.311. The van der Waals surface area contributed by atoms with E-state index < -0.39 is 0 Å². The van der Waals surface area contributed by atoms with Gasteiger partial charge in [-0.25, -0.2) is 9.97 Å². The van der Waals surface area contributed by atoms with Crippen LogP contribution in [0.25, 0.3) is 33.5 Å². The summed E-state index contributed by atoms with van der Waals surface area (Å²) in [7, 11) is 0.